The van der Waals surface area contributed by atoms with Crippen molar-refractivity contribution in [1.29, 1.82) is 0 Å². The summed E-state index contributed by atoms with van der Waals surface area (Å²) >= 11 is 1.53. The summed E-state index contributed by atoms with van der Waals surface area (Å²) in [4.78, 5) is 27.0. The smallest absolute Gasteiger partial charge is 0.264 e. The molecule has 7 heteroatoms. The third-order valence-electron chi connectivity index (χ3n) is 3.70. The molecule has 1 amide bonds. The first-order valence-electron chi connectivity index (χ1n) is 7.52. The summed E-state index contributed by atoms with van der Waals surface area (Å²) in [5.41, 5.74) is 0.809. The van der Waals surface area contributed by atoms with Gasteiger partial charge in [0.05, 0.1) is 23.7 Å². The quantitative estimate of drug-likeness (QED) is 0.862. The zero-order valence-electron chi connectivity index (χ0n) is 13.5. The molecule has 3 heterocycles. The minimum atomic E-state index is -0.213. The second-order valence-corrected chi connectivity index (χ2v) is 6.98. The predicted octanol–water partition coefficient (Wildman–Crippen LogP) is 2.13. The minimum Gasteiger partial charge on any atom is -0.368 e. The maximum atomic E-state index is 12.6. The van der Waals surface area contributed by atoms with E-state index in [9.17, 15) is 4.79 Å². The molecule has 0 N–H and O–H groups in total. The number of nitrogens with zero attached hydrogens (tertiary/aromatic N) is 4. The van der Waals surface area contributed by atoms with E-state index in [0.717, 1.165) is 15.4 Å². The normalized spacial score (nSPS) is 18.0. The molecule has 1 atom stereocenters. The van der Waals surface area contributed by atoms with E-state index < -0.39 is 0 Å². The van der Waals surface area contributed by atoms with Crippen LogP contribution in [0.3, 0.4) is 0 Å². The Morgan fingerprint density at radius 2 is 2.22 bits per heavy atom. The Morgan fingerprint density at radius 3 is 2.91 bits per heavy atom. The number of amides is 1. The van der Waals surface area contributed by atoms with Gasteiger partial charge in [0.2, 0.25) is 5.95 Å². The lowest BCUT2D eigenvalue weighted by Crippen LogP contribution is -2.42. The number of ether oxygens (including phenoxy) is 1. The van der Waals surface area contributed by atoms with E-state index in [-0.39, 0.29) is 12.0 Å². The van der Waals surface area contributed by atoms with E-state index in [2.05, 4.69) is 9.97 Å². The molecule has 6 nitrogen and oxygen atoms in total. The molecule has 0 unspecified atom stereocenters. The maximum Gasteiger partial charge on any atom is 0.264 e. The summed E-state index contributed by atoms with van der Waals surface area (Å²) in [7, 11) is 3.80. The second kappa shape index (κ2) is 6.64. The van der Waals surface area contributed by atoms with Crippen LogP contribution in [0.1, 0.15) is 26.3 Å². The highest BCUT2D eigenvalue weighted by Gasteiger charge is 2.27. The van der Waals surface area contributed by atoms with Crippen molar-refractivity contribution in [2.75, 3.05) is 38.7 Å². The minimum absolute atomic E-state index is 0.0679. The number of aromatic nitrogens is 2. The standard InChI is InChI=1S/C16H20N4O2S/c1-11-4-5-14(23-11)15(21)20-8-9-22-13(10-20)12-6-7-17-16(18-12)19(2)3/h4-7,13H,8-10H2,1-3H3/t13-/m0/s1. The van der Waals surface area contributed by atoms with Gasteiger partial charge in [0.1, 0.15) is 6.10 Å². The van der Waals surface area contributed by atoms with Crippen molar-refractivity contribution in [3.63, 3.8) is 0 Å². The van der Waals surface area contributed by atoms with Gasteiger partial charge in [-0.15, -0.1) is 11.3 Å². The lowest BCUT2D eigenvalue weighted by molar-refractivity contribution is -0.0245. The number of aryl methyl sites for hydroxylation is 1. The molecule has 1 saturated heterocycles. The van der Waals surface area contributed by atoms with E-state index in [1.807, 2.05) is 49.0 Å². The number of rotatable bonds is 3. The Balaban J connectivity index is 1.75. The van der Waals surface area contributed by atoms with E-state index in [0.29, 0.717) is 25.6 Å². The topological polar surface area (TPSA) is 58.6 Å². The molecule has 0 spiro atoms. The van der Waals surface area contributed by atoms with Crippen molar-refractivity contribution in [1.82, 2.24) is 14.9 Å². The number of anilines is 1. The van der Waals surface area contributed by atoms with Crippen molar-refractivity contribution < 1.29 is 9.53 Å². The first-order valence-corrected chi connectivity index (χ1v) is 8.34. The largest absolute Gasteiger partial charge is 0.368 e. The van der Waals surface area contributed by atoms with Crippen LogP contribution in [0.4, 0.5) is 5.95 Å². The molecule has 2 aromatic rings. The Labute approximate surface area is 139 Å². The molecule has 1 fully saturated rings. The first-order chi connectivity index (χ1) is 11.0. The van der Waals surface area contributed by atoms with Gasteiger partial charge in [0.15, 0.2) is 0 Å². The van der Waals surface area contributed by atoms with Crippen molar-refractivity contribution in [2.24, 2.45) is 0 Å². The van der Waals surface area contributed by atoms with E-state index >= 15 is 0 Å². The highest BCUT2D eigenvalue weighted by atomic mass is 32.1. The fourth-order valence-electron chi connectivity index (χ4n) is 2.47. The van der Waals surface area contributed by atoms with Crippen LogP contribution in [0, 0.1) is 6.92 Å². The number of hydrogen-bond donors (Lipinski definition) is 0. The fourth-order valence-corrected chi connectivity index (χ4v) is 3.31. The lowest BCUT2D eigenvalue weighted by Gasteiger charge is -2.32. The van der Waals surface area contributed by atoms with Crippen molar-refractivity contribution in [3.8, 4) is 0 Å². The molecule has 1 aliphatic heterocycles. The molecule has 122 valence electrons. The SMILES string of the molecule is Cc1ccc(C(=O)N2CCO[C@H](c3ccnc(N(C)C)n3)C2)s1. The highest BCUT2D eigenvalue weighted by molar-refractivity contribution is 7.13. The third kappa shape index (κ3) is 3.51. The van der Waals surface area contributed by atoms with Crippen LogP contribution in [-0.2, 0) is 4.74 Å². The van der Waals surface area contributed by atoms with Gasteiger partial charge >= 0.3 is 0 Å². The zero-order chi connectivity index (χ0) is 16.4. The van der Waals surface area contributed by atoms with Crippen LogP contribution in [0.15, 0.2) is 24.4 Å². The van der Waals surface area contributed by atoms with Crippen molar-refractivity contribution >= 4 is 23.2 Å². The fraction of sp³-hybridized carbons (Fsp3) is 0.438. The number of carbonyl (C=O) groups excluding carboxylic acids is 1. The Morgan fingerprint density at radius 1 is 1.39 bits per heavy atom. The van der Waals surface area contributed by atoms with Gasteiger partial charge < -0.3 is 14.5 Å². The van der Waals surface area contributed by atoms with Gasteiger partial charge in [-0.1, -0.05) is 0 Å². The van der Waals surface area contributed by atoms with Gasteiger partial charge in [0, 0.05) is 31.7 Å². The molecule has 0 bridgehead atoms. The van der Waals surface area contributed by atoms with Gasteiger partial charge in [-0.05, 0) is 25.1 Å². The zero-order valence-corrected chi connectivity index (χ0v) is 14.3. The lowest BCUT2D eigenvalue weighted by atomic mass is 10.2. The van der Waals surface area contributed by atoms with Gasteiger partial charge in [-0.3, -0.25) is 4.79 Å². The molecular weight excluding hydrogens is 312 g/mol. The first kappa shape index (κ1) is 15.9. The van der Waals surface area contributed by atoms with E-state index in [4.69, 9.17) is 4.74 Å². The number of morpholine rings is 1. The van der Waals surface area contributed by atoms with E-state index in [1.54, 1.807) is 6.20 Å². The van der Waals surface area contributed by atoms with Crippen LogP contribution in [0.25, 0.3) is 0 Å². The summed E-state index contributed by atoms with van der Waals surface area (Å²) in [6.07, 6.45) is 1.51. The summed E-state index contributed by atoms with van der Waals surface area (Å²) in [6, 6.07) is 5.71. The highest BCUT2D eigenvalue weighted by Crippen LogP contribution is 2.24. The Hall–Kier alpha value is -1.99. The Bertz CT molecular complexity index is 701. The third-order valence-corrected chi connectivity index (χ3v) is 4.69. The van der Waals surface area contributed by atoms with Crippen LogP contribution in [0.2, 0.25) is 0 Å². The molecular formula is C16H20N4O2S. The average Bonchev–Trinajstić information content (AvgIpc) is 3.01. The summed E-state index contributed by atoms with van der Waals surface area (Å²) in [5.74, 6) is 0.710. The molecule has 0 aromatic carbocycles. The Kier molecular flexibility index (Phi) is 4.58. The van der Waals surface area contributed by atoms with Crippen LogP contribution >= 0.6 is 11.3 Å². The van der Waals surface area contributed by atoms with Gasteiger partial charge in [-0.25, -0.2) is 9.97 Å². The number of thiophene rings is 1. The molecule has 0 aliphatic carbocycles. The van der Waals surface area contributed by atoms with Crippen molar-refractivity contribution in [2.45, 2.75) is 13.0 Å². The number of carbonyl (C=O) groups is 1. The monoisotopic (exact) mass is 332 g/mol. The molecule has 2 aromatic heterocycles. The molecule has 3 rings (SSSR count). The molecule has 23 heavy (non-hydrogen) atoms. The van der Waals surface area contributed by atoms with Gasteiger partial charge in [0.25, 0.3) is 5.91 Å². The summed E-state index contributed by atoms with van der Waals surface area (Å²) < 4.78 is 5.82. The van der Waals surface area contributed by atoms with E-state index in [1.165, 1.54) is 11.3 Å². The maximum absolute atomic E-state index is 12.6. The summed E-state index contributed by atoms with van der Waals surface area (Å²) in [6.45, 7) is 3.65. The molecule has 1 aliphatic rings. The second-order valence-electron chi connectivity index (χ2n) is 5.70. The molecule has 0 radical (unpaired) electrons. The average molecular weight is 332 g/mol. The van der Waals surface area contributed by atoms with Gasteiger partial charge in [-0.2, -0.15) is 0 Å². The molecule has 0 saturated carbocycles. The number of hydrogen-bond acceptors (Lipinski definition) is 6. The van der Waals surface area contributed by atoms with Crippen LogP contribution < -0.4 is 4.90 Å². The summed E-state index contributed by atoms with van der Waals surface area (Å²) in [5, 5.41) is 0. The van der Waals surface area contributed by atoms with Crippen LogP contribution in [-0.4, -0.2) is 54.6 Å². The predicted molar refractivity (Wildman–Crippen MR) is 90.0 cm³/mol. The van der Waals surface area contributed by atoms with Crippen LogP contribution in [0.5, 0.6) is 0 Å². The van der Waals surface area contributed by atoms with Crippen molar-refractivity contribution in [3.05, 3.63) is 39.8 Å².